The van der Waals surface area contributed by atoms with Gasteiger partial charge >= 0.3 is 0 Å². The fourth-order valence-electron chi connectivity index (χ4n) is 1.36. The normalized spacial score (nSPS) is 13.8. The standard InChI is InChI=1S/C10H13F2NO2S/c1-6(13)3-7-4-9(12)10(5-8(7)11)16(2,14)15/h4-6H,3,13H2,1-2H3. The van der Waals surface area contributed by atoms with E-state index in [1.165, 1.54) is 0 Å². The molecule has 1 aromatic carbocycles. The van der Waals surface area contributed by atoms with Crippen molar-refractivity contribution in [1.82, 2.24) is 0 Å². The first-order valence-corrected chi connectivity index (χ1v) is 6.54. The van der Waals surface area contributed by atoms with Crippen LogP contribution in [0.1, 0.15) is 12.5 Å². The van der Waals surface area contributed by atoms with E-state index in [-0.39, 0.29) is 18.0 Å². The molecule has 3 nitrogen and oxygen atoms in total. The Hall–Kier alpha value is -1.01. The summed E-state index contributed by atoms with van der Waals surface area (Å²) in [7, 11) is -3.75. The van der Waals surface area contributed by atoms with Crippen LogP contribution in [-0.4, -0.2) is 20.7 Å². The molecule has 1 rings (SSSR count). The van der Waals surface area contributed by atoms with Gasteiger partial charge in [0.05, 0.1) is 0 Å². The fourth-order valence-corrected chi connectivity index (χ4v) is 2.09. The molecule has 0 radical (unpaired) electrons. The molecule has 0 aliphatic carbocycles. The molecule has 6 heteroatoms. The average Bonchev–Trinajstić information content (AvgIpc) is 2.07. The minimum absolute atomic E-state index is 0.0832. The van der Waals surface area contributed by atoms with Crippen molar-refractivity contribution < 1.29 is 17.2 Å². The van der Waals surface area contributed by atoms with Gasteiger partial charge in [0.2, 0.25) is 0 Å². The molecule has 0 saturated carbocycles. The molecule has 0 amide bonds. The second-order valence-electron chi connectivity index (χ2n) is 3.83. The molecular formula is C10H13F2NO2S. The first-order valence-electron chi connectivity index (χ1n) is 4.65. The van der Waals surface area contributed by atoms with Crippen LogP contribution in [0, 0.1) is 11.6 Å². The van der Waals surface area contributed by atoms with Crippen LogP contribution < -0.4 is 5.73 Å². The van der Waals surface area contributed by atoms with Gasteiger partial charge in [0.1, 0.15) is 16.5 Å². The summed E-state index contributed by atoms with van der Waals surface area (Å²) < 4.78 is 49.0. The largest absolute Gasteiger partial charge is 0.328 e. The van der Waals surface area contributed by atoms with Crippen LogP contribution in [0.5, 0.6) is 0 Å². The first-order chi connectivity index (χ1) is 7.21. The molecule has 90 valence electrons. The number of rotatable bonds is 3. The topological polar surface area (TPSA) is 60.2 Å². The van der Waals surface area contributed by atoms with Crippen LogP contribution in [0.2, 0.25) is 0 Å². The van der Waals surface area contributed by atoms with Crippen LogP contribution >= 0.6 is 0 Å². The predicted molar refractivity (Wildman–Crippen MR) is 56.8 cm³/mol. The van der Waals surface area contributed by atoms with Gasteiger partial charge in [-0.3, -0.25) is 0 Å². The molecule has 0 fully saturated rings. The second-order valence-corrected chi connectivity index (χ2v) is 5.81. The lowest BCUT2D eigenvalue weighted by atomic mass is 10.1. The van der Waals surface area contributed by atoms with Crippen molar-refractivity contribution in [3.63, 3.8) is 0 Å². The third-order valence-electron chi connectivity index (χ3n) is 2.04. The molecule has 0 spiro atoms. The SMILES string of the molecule is CC(N)Cc1cc(F)c(S(C)(=O)=O)cc1F. The molecule has 1 aromatic rings. The van der Waals surface area contributed by atoms with Gasteiger partial charge in [-0.15, -0.1) is 0 Å². The molecule has 0 aromatic heterocycles. The first kappa shape index (κ1) is 13.1. The summed E-state index contributed by atoms with van der Waals surface area (Å²) in [6, 6.07) is 1.26. The summed E-state index contributed by atoms with van der Waals surface area (Å²) in [4.78, 5) is -0.626. The highest BCUT2D eigenvalue weighted by Crippen LogP contribution is 2.20. The van der Waals surface area contributed by atoms with E-state index >= 15 is 0 Å². The Morgan fingerprint density at radius 3 is 2.31 bits per heavy atom. The van der Waals surface area contributed by atoms with Crippen molar-refractivity contribution in [2.24, 2.45) is 5.73 Å². The molecule has 0 bridgehead atoms. The highest BCUT2D eigenvalue weighted by atomic mass is 32.2. The van der Waals surface area contributed by atoms with E-state index < -0.39 is 26.4 Å². The maximum atomic E-state index is 13.4. The number of hydrogen-bond acceptors (Lipinski definition) is 3. The van der Waals surface area contributed by atoms with Crippen LogP contribution in [0.25, 0.3) is 0 Å². The number of halogens is 2. The minimum Gasteiger partial charge on any atom is -0.328 e. The summed E-state index contributed by atoms with van der Waals surface area (Å²) in [5, 5.41) is 0. The highest BCUT2D eigenvalue weighted by Gasteiger charge is 2.17. The summed E-state index contributed by atoms with van der Waals surface area (Å²) in [6.07, 6.45) is 0.989. The molecule has 0 aliphatic heterocycles. The van der Waals surface area contributed by atoms with Gasteiger partial charge < -0.3 is 5.73 Å². The molecular weight excluding hydrogens is 236 g/mol. The number of hydrogen-bond donors (Lipinski definition) is 1. The van der Waals surface area contributed by atoms with Crippen LogP contribution in [-0.2, 0) is 16.3 Å². The number of benzene rings is 1. The van der Waals surface area contributed by atoms with Crippen LogP contribution in [0.4, 0.5) is 8.78 Å². The van der Waals surface area contributed by atoms with Crippen LogP contribution in [0.3, 0.4) is 0 Å². The van der Waals surface area contributed by atoms with Crippen molar-refractivity contribution in [2.45, 2.75) is 24.3 Å². The van der Waals surface area contributed by atoms with Gasteiger partial charge in [-0.2, -0.15) is 0 Å². The highest BCUT2D eigenvalue weighted by molar-refractivity contribution is 7.90. The average molecular weight is 249 g/mol. The van der Waals surface area contributed by atoms with E-state index in [9.17, 15) is 17.2 Å². The Bertz CT molecular complexity index is 498. The monoisotopic (exact) mass is 249 g/mol. The Kier molecular flexibility index (Phi) is 3.64. The van der Waals surface area contributed by atoms with E-state index in [4.69, 9.17) is 5.73 Å². The van der Waals surface area contributed by atoms with E-state index in [0.717, 1.165) is 12.3 Å². The predicted octanol–water partition coefficient (Wildman–Crippen LogP) is 1.26. The minimum atomic E-state index is -3.75. The Labute approximate surface area is 93.2 Å². The molecule has 2 N–H and O–H groups in total. The zero-order chi connectivity index (χ0) is 12.5. The van der Waals surface area contributed by atoms with Crippen molar-refractivity contribution in [3.8, 4) is 0 Å². The number of nitrogens with two attached hydrogens (primary N) is 1. The summed E-state index contributed by atoms with van der Waals surface area (Å²) >= 11 is 0. The maximum absolute atomic E-state index is 13.4. The molecule has 1 unspecified atom stereocenters. The third-order valence-corrected chi connectivity index (χ3v) is 3.15. The Balaban J connectivity index is 3.28. The van der Waals surface area contributed by atoms with E-state index in [1.54, 1.807) is 6.92 Å². The zero-order valence-corrected chi connectivity index (χ0v) is 9.81. The van der Waals surface area contributed by atoms with E-state index in [1.807, 2.05) is 0 Å². The zero-order valence-electron chi connectivity index (χ0n) is 9.00. The van der Waals surface area contributed by atoms with Gasteiger partial charge in [-0.25, -0.2) is 17.2 Å². The van der Waals surface area contributed by atoms with Gasteiger partial charge in [0, 0.05) is 12.3 Å². The van der Waals surface area contributed by atoms with Crippen molar-refractivity contribution in [2.75, 3.05) is 6.26 Å². The molecule has 0 heterocycles. The third kappa shape index (κ3) is 2.99. The Morgan fingerprint density at radius 1 is 1.31 bits per heavy atom. The summed E-state index contributed by atoms with van der Waals surface area (Å²) in [6.45, 7) is 1.65. The second kappa shape index (κ2) is 4.47. The van der Waals surface area contributed by atoms with Gasteiger partial charge in [0.15, 0.2) is 9.84 Å². The van der Waals surface area contributed by atoms with Crippen molar-refractivity contribution >= 4 is 9.84 Å². The number of sulfone groups is 1. The van der Waals surface area contributed by atoms with Gasteiger partial charge in [-0.05, 0) is 31.0 Å². The van der Waals surface area contributed by atoms with Gasteiger partial charge in [-0.1, -0.05) is 0 Å². The smallest absolute Gasteiger partial charge is 0.178 e. The fraction of sp³-hybridized carbons (Fsp3) is 0.400. The van der Waals surface area contributed by atoms with Gasteiger partial charge in [0.25, 0.3) is 0 Å². The lowest BCUT2D eigenvalue weighted by Gasteiger charge is -2.08. The van der Waals surface area contributed by atoms with E-state index in [2.05, 4.69) is 0 Å². The molecule has 0 aliphatic rings. The Morgan fingerprint density at radius 2 is 1.88 bits per heavy atom. The van der Waals surface area contributed by atoms with Crippen molar-refractivity contribution in [3.05, 3.63) is 29.3 Å². The summed E-state index contributed by atoms with van der Waals surface area (Å²) in [5.74, 6) is -1.70. The van der Waals surface area contributed by atoms with Crippen molar-refractivity contribution in [1.29, 1.82) is 0 Å². The van der Waals surface area contributed by atoms with Crippen LogP contribution in [0.15, 0.2) is 17.0 Å². The molecule has 0 saturated heterocycles. The lowest BCUT2D eigenvalue weighted by molar-refractivity contribution is 0.543. The molecule has 16 heavy (non-hydrogen) atoms. The molecule has 1 atom stereocenters. The summed E-state index contributed by atoms with van der Waals surface area (Å²) in [5.41, 5.74) is 5.54. The quantitative estimate of drug-likeness (QED) is 0.877. The maximum Gasteiger partial charge on any atom is 0.178 e. The lowest BCUT2D eigenvalue weighted by Crippen LogP contribution is -2.19. The van der Waals surface area contributed by atoms with E-state index in [0.29, 0.717) is 6.07 Å².